The van der Waals surface area contributed by atoms with Crippen molar-refractivity contribution in [2.75, 3.05) is 19.5 Å². The van der Waals surface area contributed by atoms with Crippen molar-refractivity contribution in [3.05, 3.63) is 50.6 Å². The zero-order valence-corrected chi connectivity index (χ0v) is 19.8. The average Bonchev–Trinajstić information content (AvgIpc) is 3.56. The number of ether oxygens (including phenoxy) is 1. The predicted octanol–water partition coefficient (Wildman–Crippen LogP) is 2.18. The van der Waals surface area contributed by atoms with Gasteiger partial charge in [-0.05, 0) is 24.8 Å². The molecule has 0 radical (unpaired) electrons. The van der Waals surface area contributed by atoms with Crippen LogP contribution in [0.25, 0.3) is 11.1 Å². The number of pyridine rings is 2. The summed E-state index contributed by atoms with van der Waals surface area (Å²) < 4.78 is 6.57. The third-order valence-corrected chi connectivity index (χ3v) is 5.87. The monoisotopic (exact) mass is 498 g/mol. The number of amides is 2. The van der Waals surface area contributed by atoms with Crippen LogP contribution in [0, 0.1) is 17.8 Å². The molecule has 1 aliphatic carbocycles. The Balaban J connectivity index is 1.73. The van der Waals surface area contributed by atoms with Gasteiger partial charge in [0.05, 0.1) is 18.9 Å². The van der Waals surface area contributed by atoms with Gasteiger partial charge in [0.1, 0.15) is 17.4 Å². The topological polar surface area (TPSA) is 128 Å². The molecular formula is C22H19ClN6O4S. The largest absolute Gasteiger partial charge is 0.494 e. The molecule has 0 aromatic carbocycles. The minimum Gasteiger partial charge on any atom is -0.494 e. The van der Waals surface area contributed by atoms with E-state index in [-0.39, 0.29) is 28.3 Å². The summed E-state index contributed by atoms with van der Waals surface area (Å²) in [6.45, 7) is -0.231. The normalized spacial score (nSPS) is 12.4. The summed E-state index contributed by atoms with van der Waals surface area (Å²) in [5.74, 6) is 5.82. The van der Waals surface area contributed by atoms with E-state index in [0.717, 1.165) is 30.2 Å². The number of carbonyl (C=O) groups is 2. The number of nitrogens with one attached hydrogen (secondary N) is 2. The maximum Gasteiger partial charge on any atom is 0.258 e. The number of likely N-dealkylation sites (N-methyl/N-ethyl adjacent to an activating group) is 1. The molecule has 0 aliphatic heterocycles. The van der Waals surface area contributed by atoms with Crippen LogP contribution < -0.4 is 20.9 Å². The van der Waals surface area contributed by atoms with Crippen LogP contribution in [0.4, 0.5) is 5.13 Å². The van der Waals surface area contributed by atoms with Crippen LogP contribution in [0.1, 0.15) is 28.2 Å². The first-order valence-electron chi connectivity index (χ1n) is 10.2. The fourth-order valence-electron chi connectivity index (χ4n) is 3.00. The summed E-state index contributed by atoms with van der Waals surface area (Å²) in [5, 5.41) is 14.0. The lowest BCUT2D eigenvalue weighted by Crippen LogP contribution is -2.31. The van der Waals surface area contributed by atoms with E-state index in [1.165, 1.54) is 37.2 Å². The van der Waals surface area contributed by atoms with Crippen molar-refractivity contribution in [3.63, 3.8) is 0 Å². The Labute approximate surface area is 203 Å². The molecule has 0 atom stereocenters. The standard InChI is InChI=1S/C22H19ClN6O4S/c1-24-18(30)11-29-10-15(13-7-17(23)25-9-16(13)33-2)14(8-20(29)31)21(32)26-22-28-27-19(34-22)6-5-12-3-4-12/h7-10,12H,3-4,11H2,1-2H3,(H,24,30)(H,26,28,32). The second-order valence-electron chi connectivity index (χ2n) is 7.36. The van der Waals surface area contributed by atoms with Gasteiger partial charge in [-0.15, -0.1) is 10.2 Å². The van der Waals surface area contributed by atoms with Crippen molar-refractivity contribution < 1.29 is 14.3 Å². The van der Waals surface area contributed by atoms with Gasteiger partial charge in [-0.1, -0.05) is 28.9 Å². The lowest BCUT2D eigenvalue weighted by Gasteiger charge is -2.15. The van der Waals surface area contributed by atoms with E-state index in [9.17, 15) is 14.4 Å². The molecule has 0 unspecified atom stereocenters. The lowest BCUT2D eigenvalue weighted by atomic mass is 10.0. The van der Waals surface area contributed by atoms with Gasteiger partial charge in [-0.3, -0.25) is 19.7 Å². The molecule has 0 bridgehead atoms. The molecule has 174 valence electrons. The number of anilines is 1. The number of nitrogens with zero attached hydrogens (tertiary/aromatic N) is 4. The Hall–Kier alpha value is -3.75. The van der Waals surface area contributed by atoms with Gasteiger partial charge in [-0.25, -0.2) is 4.98 Å². The summed E-state index contributed by atoms with van der Waals surface area (Å²) in [4.78, 5) is 41.8. The van der Waals surface area contributed by atoms with Gasteiger partial charge in [0.15, 0.2) is 5.01 Å². The molecule has 10 nitrogen and oxygen atoms in total. The Morgan fingerprint density at radius 2 is 2.09 bits per heavy atom. The molecule has 0 spiro atoms. The van der Waals surface area contributed by atoms with Gasteiger partial charge in [0.25, 0.3) is 11.5 Å². The number of methoxy groups -OCH3 is 1. The van der Waals surface area contributed by atoms with Gasteiger partial charge < -0.3 is 14.6 Å². The summed E-state index contributed by atoms with van der Waals surface area (Å²) in [6.07, 6.45) is 4.99. The smallest absolute Gasteiger partial charge is 0.258 e. The fraction of sp³-hybridized carbons (Fsp3) is 0.273. The van der Waals surface area contributed by atoms with E-state index in [0.29, 0.717) is 27.8 Å². The minimum atomic E-state index is -0.591. The highest BCUT2D eigenvalue weighted by molar-refractivity contribution is 7.15. The van der Waals surface area contributed by atoms with Gasteiger partial charge >= 0.3 is 0 Å². The summed E-state index contributed by atoms with van der Waals surface area (Å²) in [5.41, 5.74) is 0.247. The van der Waals surface area contributed by atoms with Crippen LogP contribution in [-0.4, -0.2) is 45.7 Å². The molecule has 4 rings (SSSR count). The number of rotatable bonds is 6. The first-order valence-corrected chi connectivity index (χ1v) is 11.4. The Morgan fingerprint density at radius 1 is 1.29 bits per heavy atom. The molecule has 1 fully saturated rings. The summed E-state index contributed by atoms with van der Waals surface area (Å²) >= 11 is 7.23. The zero-order valence-electron chi connectivity index (χ0n) is 18.2. The van der Waals surface area contributed by atoms with E-state index in [2.05, 4.69) is 37.7 Å². The fourth-order valence-corrected chi connectivity index (χ4v) is 3.76. The van der Waals surface area contributed by atoms with Gasteiger partial charge in [0, 0.05) is 36.4 Å². The first kappa shape index (κ1) is 23.4. The van der Waals surface area contributed by atoms with E-state index < -0.39 is 11.5 Å². The lowest BCUT2D eigenvalue weighted by molar-refractivity contribution is -0.121. The molecule has 2 N–H and O–H groups in total. The number of halogens is 1. The van der Waals surface area contributed by atoms with Crippen LogP contribution >= 0.6 is 22.9 Å². The van der Waals surface area contributed by atoms with Crippen LogP contribution in [0.2, 0.25) is 5.15 Å². The predicted molar refractivity (Wildman–Crippen MR) is 127 cm³/mol. The van der Waals surface area contributed by atoms with Crippen LogP contribution in [0.3, 0.4) is 0 Å². The number of hydrogen-bond acceptors (Lipinski definition) is 8. The maximum atomic E-state index is 13.2. The molecule has 2 amide bonds. The SMILES string of the molecule is CNC(=O)Cn1cc(-c2cc(Cl)ncc2OC)c(C(=O)Nc2nnc(C#CC3CC3)s2)cc1=O. The van der Waals surface area contributed by atoms with Crippen LogP contribution in [0.15, 0.2) is 29.3 Å². The molecule has 3 aromatic heterocycles. The Bertz CT molecular complexity index is 1390. The highest BCUT2D eigenvalue weighted by atomic mass is 35.5. The van der Waals surface area contributed by atoms with Crippen molar-refractivity contribution in [1.82, 2.24) is 25.1 Å². The van der Waals surface area contributed by atoms with E-state index in [4.69, 9.17) is 16.3 Å². The molecule has 1 aliphatic rings. The van der Waals surface area contributed by atoms with Crippen molar-refractivity contribution in [1.29, 1.82) is 0 Å². The second kappa shape index (κ2) is 10.0. The van der Waals surface area contributed by atoms with E-state index in [1.54, 1.807) is 0 Å². The van der Waals surface area contributed by atoms with Crippen molar-refractivity contribution in [3.8, 4) is 28.7 Å². The maximum absolute atomic E-state index is 13.2. The number of carbonyl (C=O) groups excluding carboxylic acids is 2. The molecule has 1 saturated carbocycles. The van der Waals surface area contributed by atoms with Crippen molar-refractivity contribution in [2.45, 2.75) is 19.4 Å². The molecule has 3 heterocycles. The molecule has 3 aromatic rings. The van der Waals surface area contributed by atoms with E-state index >= 15 is 0 Å². The highest BCUT2D eigenvalue weighted by Gasteiger charge is 2.21. The van der Waals surface area contributed by atoms with Crippen molar-refractivity contribution in [2.24, 2.45) is 5.92 Å². The molecule has 34 heavy (non-hydrogen) atoms. The highest BCUT2D eigenvalue weighted by Crippen LogP contribution is 2.33. The average molecular weight is 499 g/mol. The number of aromatic nitrogens is 4. The third kappa shape index (κ3) is 5.41. The molecule has 12 heteroatoms. The molecule has 0 saturated heterocycles. The summed E-state index contributed by atoms with van der Waals surface area (Å²) in [6, 6.07) is 2.66. The van der Waals surface area contributed by atoms with Crippen molar-refractivity contribution >= 4 is 39.9 Å². The summed E-state index contributed by atoms with van der Waals surface area (Å²) in [7, 11) is 2.91. The quantitative estimate of drug-likeness (QED) is 0.393. The van der Waals surface area contributed by atoms with E-state index in [1.807, 2.05) is 0 Å². The second-order valence-corrected chi connectivity index (χ2v) is 8.72. The Kier molecular flexibility index (Phi) is 6.90. The third-order valence-electron chi connectivity index (χ3n) is 4.91. The zero-order chi connectivity index (χ0) is 24.2. The minimum absolute atomic E-state index is 0.0412. The number of hydrogen-bond donors (Lipinski definition) is 2. The van der Waals surface area contributed by atoms with Crippen LogP contribution in [-0.2, 0) is 11.3 Å². The Morgan fingerprint density at radius 3 is 2.79 bits per heavy atom. The van der Waals surface area contributed by atoms with Crippen LogP contribution in [0.5, 0.6) is 5.75 Å². The molecular weight excluding hydrogens is 480 g/mol. The first-order chi connectivity index (χ1) is 16.4. The van der Waals surface area contributed by atoms with Gasteiger partial charge in [-0.2, -0.15) is 0 Å². The van der Waals surface area contributed by atoms with Gasteiger partial charge in [0.2, 0.25) is 11.0 Å².